The number of rotatable bonds is 6. The minimum Gasteiger partial charge on any atom is -0.327 e. The number of aryl methyl sites for hydroxylation is 2. The van der Waals surface area contributed by atoms with Gasteiger partial charge in [-0.2, -0.15) is 0 Å². The molecule has 0 aliphatic carbocycles. The molecule has 156 valence electrons. The molecular formula is C22H23ClN4O2S. The lowest BCUT2D eigenvalue weighted by molar-refractivity contribution is 0.579. The van der Waals surface area contributed by atoms with Crippen molar-refractivity contribution in [2.45, 2.75) is 38.1 Å². The van der Waals surface area contributed by atoms with Gasteiger partial charge in [0.2, 0.25) is 10.0 Å². The van der Waals surface area contributed by atoms with Gasteiger partial charge in [0.05, 0.1) is 15.9 Å². The van der Waals surface area contributed by atoms with Crippen molar-refractivity contribution in [3.63, 3.8) is 0 Å². The molecule has 0 unspecified atom stereocenters. The van der Waals surface area contributed by atoms with Crippen molar-refractivity contribution in [2.24, 2.45) is 11.1 Å². The van der Waals surface area contributed by atoms with Crippen LogP contribution in [0.1, 0.15) is 25.2 Å². The van der Waals surface area contributed by atoms with Gasteiger partial charge < -0.3 is 4.57 Å². The Hall–Kier alpha value is -2.48. The zero-order valence-corrected chi connectivity index (χ0v) is 18.4. The molecule has 0 saturated carbocycles. The third kappa shape index (κ3) is 4.05. The van der Waals surface area contributed by atoms with E-state index in [1.54, 1.807) is 24.3 Å². The van der Waals surface area contributed by atoms with E-state index in [4.69, 9.17) is 21.7 Å². The van der Waals surface area contributed by atoms with Crippen molar-refractivity contribution >= 4 is 43.6 Å². The Labute approximate surface area is 180 Å². The fourth-order valence-corrected chi connectivity index (χ4v) is 4.43. The fraction of sp³-hybridized carbons (Fsp3) is 0.273. The maximum absolute atomic E-state index is 11.5. The summed E-state index contributed by atoms with van der Waals surface area (Å²) in [6.45, 7) is 5.01. The van der Waals surface area contributed by atoms with E-state index in [1.807, 2.05) is 24.3 Å². The van der Waals surface area contributed by atoms with E-state index in [-0.39, 0.29) is 4.90 Å². The van der Waals surface area contributed by atoms with Crippen LogP contribution in [0.5, 0.6) is 0 Å². The first kappa shape index (κ1) is 20.8. The van der Waals surface area contributed by atoms with E-state index in [1.165, 1.54) is 0 Å². The van der Waals surface area contributed by atoms with Gasteiger partial charge in [0, 0.05) is 18.4 Å². The van der Waals surface area contributed by atoms with Gasteiger partial charge in [-0.05, 0) is 36.1 Å². The summed E-state index contributed by atoms with van der Waals surface area (Å²) < 4.78 is 25.2. The van der Waals surface area contributed by atoms with Crippen LogP contribution in [0.3, 0.4) is 0 Å². The monoisotopic (exact) mass is 442 g/mol. The summed E-state index contributed by atoms with van der Waals surface area (Å²) in [6, 6.07) is 14.6. The first-order chi connectivity index (χ1) is 14.2. The molecule has 0 fully saturated rings. The number of fused-ring (bicyclic) bond motifs is 3. The molecule has 2 aromatic carbocycles. The van der Waals surface area contributed by atoms with Crippen molar-refractivity contribution in [3.8, 4) is 0 Å². The first-order valence-electron chi connectivity index (χ1n) is 9.79. The molecule has 2 N–H and O–H groups in total. The van der Waals surface area contributed by atoms with Gasteiger partial charge in [-0.15, -0.1) is 0 Å². The largest absolute Gasteiger partial charge is 0.327 e. The van der Waals surface area contributed by atoms with Crippen LogP contribution in [-0.2, 0) is 29.4 Å². The minimum atomic E-state index is -3.69. The van der Waals surface area contributed by atoms with Gasteiger partial charge in [-0.3, -0.25) is 0 Å². The zero-order chi connectivity index (χ0) is 21.5. The molecule has 4 rings (SSSR count). The van der Waals surface area contributed by atoms with Gasteiger partial charge in [0.15, 0.2) is 5.15 Å². The lowest BCUT2D eigenvalue weighted by Crippen LogP contribution is -2.12. The van der Waals surface area contributed by atoms with E-state index in [2.05, 4.69) is 23.4 Å². The second-order valence-electron chi connectivity index (χ2n) is 7.83. The standard InChI is InChI=1S/C22H23ClN4O2S/c1-14(2)13-19-26-20-21(17-5-3-4-6-18(17)25-22(20)23)27(19)12-11-15-7-9-16(10-8-15)30(24,28)29/h3-10,14H,11-13H2,1-2H3,(H2,24,28,29). The Balaban J connectivity index is 1.78. The SMILES string of the molecule is CC(C)Cc1nc2c(Cl)nc3ccccc3c2n1CCc1ccc(S(N)(=O)=O)cc1. The molecular weight excluding hydrogens is 420 g/mol. The fourth-order valence-electron chi connectivity index (χ4n) is 3.69. The van der Waals surface area contributed by atoms with Crippen LogP contribution in [0.15, 0.2) is 53.4 Å². The van der Waals surface area contributed by atoms with E-state index >= 15 is 0 Å². The molecule has 0 radical (unpaired) electrons. The Morgan fingerprint density at radius 2 is 1.77 bits per heavy atom. The quantitative estimate of drug-likeness (QED) is 0.450. The van der Waals surface area contributed by atoms with Gasteiger partial charge in [0.1, 0.15) is 11.3 Å². The third-order valence-corrected chi connectivity index (χ3v) is 6.28. The number of nitrogens with two attached hydrogens (primary N) is 1. The predicted octanol–water partition coefficient (Wildman–Crippen LogP) is 4.33. The number of pyridine rings is 1. The van der Waals surface area contributed by atoms with Gasteiger partial charge in [-0.25, -0.2) is 23.5 Å². The highest BCUT2D eigenvalue weighted by atomic mass is 35.5. The number of halogens is 1. The number of nitrogens with zero attached hydrogens (tertiary/aromatic N) is 3. The van der Waals surface area contributed by atoms with E-state index in [0.29, 0.717) is 17.6 Å². The summed E-state index contributed by atoms with van der Waals surface area (Å²) in [5.74, 6) is 1.41. The maximum atomic E-state index is 11.5. The molecule has 0 amide bonds. The summed E-state index contributed by atoms with van der Waals surface area (Å²) in [5, 5.41) is 6.62. The average molecular weight is 443 g/mol. The number of hydrogen-bond donors (Lipinski definition) is 1. The normalized spacial score (nSPS) is 12.3. The van der Waals surface area contributed by atoms with Crippen LogP contribution >= 0.6 is 11.6 Å². The maximum Gasteiger partial charge on any atom is 0.238 e. The Bertz CT molecular complexity index is 1330. The number of primary sulfonamides is 1. The number of sulfonamides is 1. The lowest BCUT2D eigenvalue weighted by atomic mass is 10.1. The predicted molar refractivity (Wildman–Crippen MR) is 120 cm³/mol. The number of aromatic nitrogens is 3. The van der Waals surface area contributed by atoms with Crippen molar-refractivity contribution in [2.75, 3.05) is 0 Å². The van der Waals surface area contributed by atoms with Gasteiger partial charge in [0.25, 0.3) is 0 Å². The third-order valence-electron chi connectivity index (χ3n) is 5.09. The number of hydrogen-bond acceptors (Lipinski definition) is 4. The minimum absolute atomic E-state index is 0.115. The molecule has 4 aromatic rings. The average Bonchev–Trinajstić information content (AvgIpc) is 3.04. The summed E-state index contributed by atoms with van der Waals surface area (Å²) >= 11 is 6.48. The highest BCUT2D eigenvalue weighted by Gasteiger charge is 2.18. The molecule has 0 atom stereocenters. The highest BCUT2D eigenvalue weighted by Crippen LogP contribution is 2.31. The molecule has 6 nitrogen and oxygen atoms in total. The molecule has 0 spiro atoms. The van der Waals surface area contributed by atoms with Gasteiger partial charge in [-0.1, -0.05) is 55.8 Å². The van der Waals surface area contributed by atoms with Crippen LogP contribution in [0.2, 0.25) is 5.15 Å². The van der Waals surface area contributed by atoms with Crippen LogP contribution in [0.25, 0.3) is 21.9 Å². The molecule has 0 saturated heterocycles. The van der Waals surface area contributed by atoms with Crippen LogP contribution < -0.4 is 5.14 Å². The number of para-hydroxylation sites is 1. The van der Waals surface area contributed by atoms with Crippen LogP contribution in [-0.4, -0.2) is 23.0 Å². The number of benzene rings is 2. The van der Waals surface area contributed by atoms with E-state index in [9.17, 15) is 8.42 Å². The van der Waals surface area contributed by atoms with Gasteiger partial charge >= 0.3 is 0 Å². The van der Waals surface area contributed by atoms with E-state index in [0.717, 1.165) is 46.2 Å². The molecule has 30 heavy (non-hydrogen) atoms. The van der Waals surface area contributed by atoms with Crippen molar-refractivity contribution in [1.29, 1.82) is 0 Å². The van der Waals surface area contributed by atoms with Crippen molar-refractivity contribution in [3.05, 3.63) is 65.1 Å². The molecule has 0 aliphatic heterocycles. The summed E-state index contributed by atoms with van der Waals surface area (Å²) in [4.78, 5) is 9.46. The number of imidazole rings is 1. The second kappa shape index (κ2) is 7.98. The van der Waals surface area contributed by atoms with Crippen LogP contribution in [0.4, 0.5) is 0 Å². The molecule has 8 heteroatoms. The Morgan fingerprint density at radius 1 is 1.07 bits per heavy atom. The van der Waals surface area contributed by atoms with Crippen molar-refractivity contribution in [1.82, 2.24) is 14.5 Å². The summed E-state index contributed by atoms with van der Waals surface area (Å²) in [6.07, 6.45) is 1.54. The molecule has 0 aliphatic rings. The molecule has 2 heterocycles. The summed E-state index contributed by atoms with van der Waals surface area (Å²) in [7, 11) is -3.69. The van der Waals surface area contributed by atoms with Crippen LogP contribution in [0, 0.1) is 5.92 Å². The highest BCUT2D eigenvalue weighted by molar-refractivity contribution is 7.89. The summed E-state index contributed by atoms with van der Waals surface area (Å²) in [5.41, 5.74) is 3.56. The van der Waals surface area contributed by atoms with Crippen molar-refractivity contribution < 1.29 is 8.42 Å². The zero-order valence-electron chi connectivity index (χ0n) is 16.8. The first-order valence-corrected chi connectivity index (χ1v) is 11.7. The molecule has 0 bridgehead atoms. The molecule has 2 aromatic heterocycles. The topological polar surface area (TPSA) is 90.9 Å². The second-order valence-corrected chi connectivity index (χ2v) is 9.75. The Morgan fingerprint density at radius 3 is 2.43 bits per heavy atom. The Kier molecular flexibility index (Phi) is 5.53. The smallest absolute Gasteiger partial charge is 0.238 e. The van der Waals surface area contributed by atoms with E-state index < -0.39 is 10.0 Å². The lowest BCUT2D eigenvalue weighted by Gasteiger charge is -2.12.